The van der Waals surface area contributed by atoms with Gasteiger partial charge in [0.15, 0.2) is 0 Å². The van der Waals surface area contributed by atoms with E-state index >= 15 is 0 Å². The van der Waals surface area contributed by atoms with Gasteiger partial charge in [0.25, 0.3) is 0 Å². The number of hydrogen-bond donors (Lipinski definition) is 0. The van der Waals surface area contributed by atoms with Crippen LogP contribution in [0.4, 0.5) is 0 Å². The smallest absolute Gasteiger partial charge is 0.227 e. The SMILES string of the molecule is CC(C1CC1)N(Cc1ccccc1)C(=O)Cc1ccc(-n2cccc2)cc1. The van der Waals surface area contributed by atoms with E-state index in [0.29, 0.717) is 24.9 Å². The second-order valence-electron chi connectivity index (χ2n) is 7.52. The molecule has 4 rings (SSSR count). The van der Waals surface area contributed by atoms with Crippen LogP contribution < -0.4 is 0 Å². The first-order valence-corrected chi connectivity index (χ1v) is 9.76. The highest BCUT2D eigenvalue weighted by atomic mass is 16.2. The molecule has 0 bridgehead atoms. The topological polar surface area (TPSA) is 25.2 Å². The molecule has 1 fully saturated rings. The Morgan fingerprint density at radius 1 is 0.963 bits per heavy atom. The molecule has 0 aliphatic heterocycles. The van der Waals surface area contributed by atoms with Gasteiger partial charge in [-0.3, -0.25) is 4.79 Å². The molecule has 3 aromatic rings. The summed E-state index contributed by atoms with van der Waals surface area (Å²) in [6.45, 7) is 2.90. The number of benzene rings is 2. The second kappa shape index (κ2) is 7.83. The summed E-state index contributed by atoms with van der Waals surface area (Å²) in [5, 5.41) is 0. The lowest BCUT2D eigenvalue weighted by molar-refractivity contribution is -0.133. The number of nitrogens with zero attached hydrogens (tertiary/aromatic N) is 2. The van der Waals surface area contributed by atoms with E-state index in [0.717, 1.165) is 11.3 Å². The summed E-state index contributed by atoms with van der Waals surface area (Å²) in [6.07, 6.45) is 6.99. The fourth-order valence-corrected chi connectivity index (χ4v) is 3.64. The van der Waals surface area contributed by atoms with Gasteiger partial charge >= 0.3 is 0 Å². The molecular formula is C24H26N2O. The van der Waals surface area contributed by atoms with E-state index in [-0.39, 0.29) is 5.91 Å². The minimum absolute atomic E-state index is 0.215. The van der Waals surface area contributed by atoms with Crippen molar-refractivity contribution >= 4 is 5.91 Å². The van der Waals surface area contributed by atoms with Crippen LogP contribution in [0.3, 0.4) is 0 Å². The number of carbonyl (C=O) groups excluding carboxylic acids is 1. The molecule has 1 aliphatic carbocycles. The summed E-state index contributed by atoms with van der Waals surface area (Å²) >= 11 is 0. The zero-order chi connectivity index (χ0) is 18.6. The fraction of sp³-hybridized carbons (Fsp3) is 0.292. The van der Waals surface area contributed by atoms with E-state index in [1.807, 2.05) is 42.7 Å². The first-order chi connectivity index (χ1) is 13.2. The summed E-state index contributed by atoms with van der Waals surface area (Å²) in [7, 11) is 0. The molecule has 3 heteroatoms. The second-order valence-corrected chi connectivity index (χ2v) is 7.52. The van der Waals surface area contributed by atoms with E-state index in [1.54, 1.807) is 0 Å². The van der Waals surface area contributed by atoms with Gasteiger partial charge in [-0.2, -0.15) is 0 Å². The quantitative estimate of drug-likeness (QED) is 0.593. The monoisotopic (exact) mass is 358 g/mol. The summed E-state index contributed by atoms with van der Waals surface area (Å²) in [4.78, 5) is 15.2. The van der Waals surface area contributed by atoms with Crippen molar-refractivity contribution in [3.8, 4) is 5.69 Å². The molecule has 1 unspecified atom stereocenters. The largest absolute Gasteiger partial charge is 0.335 e. The molecule has 0 N–H and O–H groups in total. The van der Waals surface area contributed by atoms with E-state index in [2.05, 4.69) is 52.8 Å². The zero-order valence-corrected chi connectivity index (χ0v) is 15.8. The number of amides is 1. The molecule has 27 heavy (non-hydrogen) atoms. The van der Waals surface area contributed by atoms with E-state index < -0.39 is 0 Å². The van der Waals surface area contributed by atoms with Crippen LogP contribution in [0.5, 0.6) is 0 Å². The lowest BCUT2D eigenvalue weighted by Crippen LogP contribution is -2.40. The van der Waals surface area contributed by atoms with Gasteiger partial charge in [0.05, 0.1) is 6.42 Å². The van der Waals surface area contributed by atoms with Crippen molar-refractivity contribution in [1.29, 1.82) is 0 Å². The van der Waals surface area contributed by atoms with Gasteiger partial charge in [0.2, 0.25) is 5.91 Å². The van der Waals surface area contributed by atoms with Gasteiger partial charge in [-0.25, -0.2) is 0 Å². The Bertz CT molecular complexity index is 865. The predicted molar refractivity (Wildman–Crippen MR) is 109 cm³/mol. The van der Waals surface area contributed by atoms with Crippen LogP contribution in [0.1, 0.15) is 30.9 Å². The molecule has 1 aromatic heterocycles. The molecule has 0 saturated heterocycles. The Morgan fingerprint density at radius 3 is 2.26 bits per heavy atom. The Hall–Kier alpha value is -2.81. The zero-order valence-electron chi connectivity index (χ0n) is 15.8. The minimum Gasteiger partial charge on any atom is -0.335 e. The van der Waals surface area contributed by atoms with E-state index in [1.165, 1.54) is 18.4 Å². The molecule has 1 aliphatic rings. The first kappa shape index (κ1) is 17.6. The number of aromatic nitrogens is 1. The van der Waals surface area contributed by atoms with Gasteiger partial charge in [-0.05, 0) is 61.1 Å². The number of hydrogen-bond acceptors (Lipinski definition) is 1. The van der Waals surface area contributed by atoms with E-state index in [9.17, 15) is 4.79 Å². The molecular weight excluding hydrogens is 332 g/mol. The molecule has 138 valence electrons. The third-order valence-corrected chi connectivity index (χ3v) is 5.51. The molecule has 2 aromatic carbocycles. The molecule has 0 radical (unpaired) electrons. The van der Waals surface area contributed by atoms with Crippen LogP contribution in [-0.2, 0) is 17.8 Å². The van der Waals surface area contributed by atoms with Gasteiger partial charge < -0.3 is 9.47 Å². The van der Waals surface area contributed by atoms with Crippen molar-refractivity contribution in [2.45, 2.75) is 38.8 Å². The van der Waals surface area contributed by atoms with Crippen LogP contribution in [0, 0.1) is 5.92 Å². The molecule has 1 amide bonds. The fourth-order valence-electron chi connectivity index (χ4n) is 3.64. The van der Waals surface area contributed by atoms with E-state index in [4.69, 9.17) is 0 Å². The maximum absolute atomic E-state index is 13.1. The maximum atomic E-state index is 13.1. The number of rotatable bonds is 7. The van der Waals surface area contributed by atoms with Gasteiger partial charge in [-0.1, -0.05) is 42.5 Å². The van der Waals surface area contributed by atoms with Crippen LogP contribution in [-0.4, -0.2) is 21.4 Å². The van der Waals surface area contributed by atoms with Gasteiger partial charge in [0.1, 0.15) is 0 Å². The summed E-state index contributed by atoms with van der Waals surface area (Å²) in [5.74, 6) is 0.876. The van der Waals surface area contributed by atoms with Crippen molar-refractivity contribution in [1.82, 2.24) is 9.47 Å². The third kappa shape index (κ3) is 4.30. The maximum Gasteiger partial charge on any atom is 0.227 e. The lowest BCUT2D eigenvalue weighted by atomic mass is 10.1. The molecule has 1 saturated carbocycles. The molecule has 1 heterocycles. The average molecular weight is 358 g/mol. The summed E-state index contributed by atoms with van der Waals surface area (Å²) < 4.78 is 2.07. The average Bonchev–Trinajstić information content (AvgIpc) is 3.41. The third-order valence-electron chi connectivity index (χ3n) is 5.51. The van der Waals surface area contributed by atoms with Crippen molar-refractivity contribution in [3.05, 3.63) is 90.3 Å². The molecule has 1 atom stereocenters. The van der Waals surface area contributed by atoms with Gasteiger partial charge in [0, 0.05) is 30.7 Å². The highest BCUT2D eigenvalue weighted by molar-refractivity contribution is 5.79. The highest BCUT2D eigenvalue weighted by Crippen LogP contribution is 2.36. The predicted octanol–water partition coefficient (Wildman–Crippen LogP) is 4.85. The Labute approximate surface area is 161 Å². The Morgan fingerprint density at radius 2 is 1.63 bits per heavy atom. The van der Waals surface area contributed by atoms with Crippen LogP contribution in [0.25, 0.3) is 5.69 Å². The number of carbonyl (C=O) groups is 1. The highest BCUT2D eigenvalue weighted by Gasteiger charge is 2.34. The van der Waals surface area contributed by atoms with Gasteiger partial charge in [-0.15, -0.1) is 0 Å². The Kier molecular flexibility index (Phi) is 5.10. The molecule has 3 nitrogen and oxygen atoms in total. The standard InChI is InChI=1S/C24H26N2O/c1-19(22-11-12-22)26(18-21-7-3-2-4-8-21)24(27)17-20-9-13-23(14-10-20)25-15-5-6-16-25/h2-10,13-16,19,22H,11-12,17-18H2,1H3. The normalized spacial score (nSPS) is 14.7. The van der Waals surface area contributed by atoms with Crippen molar-refractivity contribution < 1.29 is 4.79 Å². The summed E-state index contributed by atoms with van der Waals surface area (Å²) in [5.41, 5.74) is 3.38. The van der Waals surface area contributed by atoms with Crippen molar-refractivity contribution in [3.63, 3.8) is 0 Å². The van der Waals surface area contributed by atoms with Crippen LogP contribution in [0.2, 0.25) is 0 Å². The Balaban J connectivity index is 1.47. The van der Waals surface area contributed by atoms with Crippen molar-refractivity contribution in [2.24, 2.45) is 5.92 Å². The molecule has 0 spiro atoms. The van der Waals surface area contributed by atoms with Crippen molar-refractivity contribution in [2.75, 3.05) is 0 Å². The minimum atomic E-state index is 0.215. The van der Waals surface area contributed by atoms with Crippen LogP contribution in [0.15, 0.2) is 79.1 Å². The lowest BCUT2D eigenvalue weighted by Gasteiger charge is -2.30. The summed E-state index contributed by atoms with van der Waals surface area (Å²) in [6, 6.07) is 22.9. The van der Waals surface area contributed by atoms with Crippen LogP contribution >= 0.6 is 0 Å². The first-order valence-electron chi connectivity index (χ1n) is 9.76.